The number of hydrogen-bond donors (Lipinski definition) is 0. The van der Waals surface area contributed by atoms with Crippen molar-refractivity contribution in [2.45, 2.75) is 12.8 Å². The maximum absolute atomic E-state index is 4.77. The van der Waals surface area contributed by atoms with E-state index in [4.69, 9.17) is 4.98 Å². The van der Waals surface area contributed by atoms with Crippen LogP contribution in [0.2, 0.25) is 0 Å². The summed E-state index contributed by atoms with van der Waals surface area (Å²) >= 11 is 0. The molecule has 0 fully saturated rings. The molecule has 0 aliphatic heterocycles. The van der Waals surface area contributed by atoms with Gasteiger partial charge in [-0.1, -0.05) is 55.5 Å². The molecule has 0 bridgehead atoms. The molecule has 3 heteroatoms. The first-order valence-corrected chi connectivity index (χ1v) is 7.95. The van der Waals surface area contributed by atoms with Crippen LogP contribution in [0.25, 0.3) is 17.0 Å². The third-order valence-corrected chi connectivity index (χ3v) is 4.07. The zero-order valence-electron chi connectivity index (χ0n) is 14.3. The smallest absolute Gasteiger partial charge is 0.0705 e. The van der Waals surface area contributed by atoms with E-state index in [1.165, 1.54) is 16.6 Å². The Bertz CT molecular complexity index is 823. The Morgan fingerprint density at radius 3 is 2.33 bits per heavy atom. The molecule has 2 nitrogen and oxygen atoms in total. The van der Waals surface area contributed by atoms with E-state index in [9.17, 15) is 0 Å². The molecule has 0 N–H and O–H groups in total. The Hall–Kier alpha value is -1.88. The van der Waals surface area contributed by atoms with E-state index < -0.39 is 0 Å². The highest BCUT2D eigenvalue weighted by Gasteiger charge is 2.04. The predicted molar refractivity (Wildman–Crippen MR) is 115 cm³/mol. The van der Waals surface area contributed by atoms with Crippen LogP contribution in [0.5, 0.6) is 0 Å². The van der Waals surface area contributed by atoms with E-state index in [-0.39, 0.29) is 29.9 Å². The monoisotopic (exact) mass is 430 g/mol. The minimum Gasteiger partial charge on any atom is -0.378 e. The highest BCUT2D eigenvalue weighted by molar-refractivity contribution is 14.0. The van der Waals surface area contributed by atoms with Gasteiger partial charge in [0.2, 0.25) is 0 Å². The fraction of sp³-hybridized carbons (Fsp3) is 0.190. The van der Waals surface area contributed by atoms with Crippen LogP contribution in [0, 0.1) is 0 Å². The number of aromatic nitrogens is 1. The molecule has 24 heavy (non-hydrogen) atoms. The molecule has 0 saturated heterocycles. The average Bonchev–Trinajstić information content (AvgIpc) is 2.59. The zero-order valence-corrected chi connectivity index (χ0v) is 16.6. The van der Waals surface area contributed by atoms with Gasteiger partial charge in [-0.25, -0.2) is 0 Å². The van der Waals surface area contributed by atoms with Crippen molar-refractivity contribution in [3.8, 4) is 0 Å². The molecular weight excluding hydrogens is 407 g/mol. The lowest BCUT2D eigenvalue weighted by Gasteiger charge is -2.12. The molecule has 3 aromatic rings. The van der Waals surface area contributed by atoms with Gasteiger partial charge in [-0.05, 0) is 29.8 Å². The molecule has 1 unspecified atom stereocenters. The first-order valence-electron chi connectivity index (χ1n) is 7.95. The van der Waals surface area contributed by atoms with E-state index in [2.05, 4.69) is 86.6 Å². The second kappa shape index (κ2) is 8.29. The molecular formula is C21H23IN2. The van der Waals surface area contributed by atoms with Gasteiger partial charge < -0.3 is 4.90 Å². The van der Waals surface area contributed by atoms with Gasteiger partial charge in [0.15, 0.2) is 0 Å². The number of rotatable bonds is 4. The molecule has 124 valence electrons. The van der Waals surface area contributed by atoms with Crippen LogP contribution in [0.3, 0.4) is 0 Å². The molecule has 0 spiro atoms. The Balaban J connectivity index is 0.00000208. The normalized spacial score (nSPS) is 12.1. The second-order valence-electron chi connectivity index (χ2n) is 6.06. The molecule has 0 aliphatic carbocycles. The van der Waals surface area contributed by atoms with Gasteiger partial charge >= 0.3 is 0 Å². The summed E-state index contributed by atoms with van der Waals surface area (Å²) in [6.45, 7) is 2.18. The Morgan fingerprint density at radius 1 is 0.917 bits per heavy atom. The van der Waals surface area contributed by atoms with Crippen molar-refractivity contribution in [3.63, 3.8) is 0 Å². The fourth-order valence-corrected chi connectivity index (χ4v) is 2.57. The minimum atomic E-state index is 0. The summed E-state index contributed by atoms with van der Waals surface area (Å²) in [5.41, 5.74) is 4.58. The number of allylic oxidation sites excluding steroid dienone is 1. The van der Waals surface area contributed by atoms with Gasteiger partial charge in [0.1, 0.15) is 0 Å². The number of pyridine rings is 1. The third kappa shape index (κ3) is 4.35. The summed E-state index contributed by atoms with van der Waals surface area (Å²) in [7, 11) is 4.11. The molecule has 0 radical (unpaired) electrons. The van der Waals surface area contributed by atoms with Crippen molar-refractivity contribution >= 4 is 46.6 Å². The second-order valence-corrected chi connectivity index (χ2v) is 6.06. The van der Waals surface area contributed by atoms with Crippen LogP contribution in [-0.2, 0) is 0 Å². The number of anilines is 1. The van der Waals surface area contributed by atoms with Crippen molar-refractivity contribution < 1.29 is 0 Å². The molecule has 1 aromatic heterocycles. The summed E-state index contributed by atoms with van der Waals surface area (Å²) in [4.78, 5) is 6.87. The Morgan fingerprint density at radius 2 is 1.62 bits per heavy atom. The lowest BCUT2D eigenvalue weighted by atomic mass is 10.0. The van der Waals surface area contributed by atoms with Crippen LogP contribution >= 0.6 is 24.0 Å². The summed E-state index contributed by atoms with van der Waals surface area (Å²) in [6.07, 6.45) is 4.38. The van der Waals surface area contributed by atoms with Crippen LogP contribution in [-0.4, -0.2) is 19.1 Å². The highest BCUT2D eigenvalue weighted by atomic mass is 127. The van der Waals surface area contributed by atoms with Crippen molar-refractivity contribution in [3.05, 3.63) is 78.0 Å². The van der Waals surface area contributed by atoms with Crippen molar-refractivity contribution in [2.24, 2.45) is 0 Å². The van der Waals surface area contributed by atoms with Gasteiger partial charge in [-0.15, -0.1) is 24.0 Å². The van der Waals surface area contributed by atoms with E-state index in [1.807, 2.05) is 12.1 Å². The van der Waals surface area contributed by atoms with Crippen molar-refractivity contribution in [1.82, 2.24) is 4.98 Å². The standard InChI is InChI=1S/C21H22N2.HI/c1-16(8-9-17-10-13-19(14-11-17)23(2)3)20-15-12-18-6-4-5-7-21(18)22-20;/h4-16H,1-3H3;1H/b9-8+;. The van der Waals surface area contributed by atoms with Gasteiger partial charge in [0, 0.05) is 36.8 Å². The van der Waals surface area contributed by atoms with E-state index in [1.54, 1.807) is 0 Å². The van der Waals surface area contributed by atoms with Gasteiger partial charge in [-0.3, -0.25) is 4.98 Å². The summed E-state index contributed by atoms with van der Waals surface area (Å²) in [6, 6.07) is 21.1. The molecule has 0 amide bonds. The molecule has 3 rings (SSSR count). The zero-order chi connectivity index (χ0) is 16.2. The SMILES string of the molecule is CC(/C=C/c1ccc(N(C)C)cc1)c1ccc2ccccc2n1.I. The first kappa shape index (κ1) is 18.5. The number of halogens is 1. The highest BCUT2D eigenvalue weighted by Crippen LogP contribution is 2.20. The average molecular weight is 430 g/mol. The van der Waals surface area contributed by atoms with E-state index in [0.29, 0.717) is 0 Å². The van der Waals surface area contributed by atoms with E-state index in [0.717, 1.165) is 11.2 Å². The maximum atomic E-state index is 4.77. The van der Waals surface area contributed by atoms with Crippen molar-refractivity contribution in [1.29, 1.82) is 0 Å². The maximum Gasteiger partial charge on any atom is 0.0705 e. The quantitative estimate of drug-likeness (QED) is 0.491. The number of fused-ring (bicyclic) bond motifs is 1. The van der Waals surface area contributed by atoms with Gasteiger partial charge in [0.05, 0.1) is 5.52 Å². The summed E-state index contributed by atoms with van der Waals surface area (Å²) in [5.74, 6) is 0.285. The fourth-order valence-electron chi connectivity index (χ4n) is 2.57. The lowest BCUT2D eigenvalue weighted by molar-refractivity contribution is 0.922. The first-order chi connectivity index (χ1) is 11.1. The van der Waals surface area contributed by atoms with Crippen LogP contribution < -0.4 is 4.90 Å². The van der Waals surface area contributed by atoms with Crippen molar-refractivity contribution in [2.75, 3.05) is 19.0 Å². The summed E-state index contributed by atoms with van der Waals surface area (Å²) in [5, 5.41) is 1.19. The molecule has 1 atom stereocenters. The van der Waals surface area contributed by atoms with Crippen LogP contribution in [0.1, 0.15) is 24.1 Å². The molecule has 0 aliphatic rings. The van der Waals surface area contributed by atoms with Crippen LogP contribution in [0.4, 0.5) is 5.69 Å². The Kier molecular flexibility index (Phi) is 6.37. The summed E-state index contributed by atoms with van der Waals surface area (Å²) < 4.78 is 0. The molecule has 1 heterocycles. The predicted octanol–water partition coefficient (Wildman–Crippen LogP) is 5.74. The van der Waals surface area contributed by atoms with Gasteiger partial charge in [0.25, 0.3) is 0 Å². The number of benzene rings is 2. The largest absolute Gasteiger partial charge is 0.378 e. The number of hydrogen-bond acceptors (Lipinski definition) is 2. The lowest BCUT2D eigenvalue weighted by Crippen LogP contribution is -2.07. The minimum absolute atomic E-state index is 0. The number of para-hydroxylation sites is 1. The molecule has 0 saturated carbocycles. The van der Waals surface area contributed by atoms with Crippen LogP contribution in [0.15, 0.2) is 66.7 Å². The number of nitrogens with zero attached hydrogens (tertiary/aromatic N) is 2. The topological polar surface area (TPSA) is 16.1 Å². The molecule has 2 aromatic carbocycles. The van der Waals surface area contributed by atoms with E-state index >= 15 is 0 Å². The van der Waals surface area contributed by atoms with Gasteiger partial charge in [-0.2, -0.15) is 0 Å². The third-order valence-electron chi connectivity index (χ3n) is 4.07. The Labute approximate surface area is 161 Å².